The molecular weight excluding hydrogens is 428 g/mol. The average molecular weight is 463 g/mol. The molecule has 0 radical (unpaired) electrons. The molecule has 0 fully saturated rings. The molecule has 0 saturated heterocycles. The Morgan fingerprint density at radius 1 is 0.853 bits per heavy atom. The van der Waals surface area contributed by atoms with Crippen LogP contribution in [0.3, 0.4) is 0 Å². The zero-order valence-corrected chi connectivity index (χ0v) is 20.4. The number of aromatic hydroxyl groups is 1. The van der Waals surface area contributed by atoms with Gasteiger partial charge in [-0.1, -0.05) is 44.5 Å². The molecule has 0 heterocycles. The minimum absolute atomic E-state index is 0.130. The summed E-state index contributed by atoms with van der Waals surface area (Å²) in [4.78, 5) is 0. The second kappa shape index (κ2) is 12.1. The number of aliphatic hydroxyl groups is 1. The Balaban J connectivity index is 2.13. The molecule has 3 rings (SSSR count). The Bertz CT molecular complexity index is 1100. The van der Waals surface area contributed by atoms with E-state index in [0.717, 1.165) is 35.3 Å². The van der Waals surface area contributed by atoms with Crippen molar-refractivity contribution >= 4 is 11.1 Å². The second-order valence-electron chi connectivity index (χ2n) is 8.03. The Labute approximate surface area is 202 Å². The first-order chi connectivity index (χ1) is 16.5. The molecular formula is C29H34O5. The lowest BCUT2D eigenvalue weighted by molar-refractivity contribution is 0.238. The summed E-state index contributed by atoms with van der Waals surface area (Å²) in [7, 11) is 3.21. The summed E-state index contributed by atoms with van der Waals surface area (Å²) in [6.45, 7) is 4.80. The van der Waals surface area contributed by atoms with Gasteiger partial charge in [-0.25, -0.2) is 0 Å². The maximum absolute atomic E-state index is 11.6. The van der Waals surface area contributed by atoms with Gasteiger partial charge in [0.1, 0.15) is 29.1 Å². The number of hydrogen-bond donors (Lipinski definition) is 2. The Morgan fingerprint density at radius 3 is 2.18 bits per heavy atom. The van der Waals surface area contributed by atoms with Gasteiger partial charge in [0.15, 0.2) is 0 Å². The van der Waals surface area contributed by atoms with Crippen LogP contribution < -0.4 is 14.2 Å². The van der Waals surface area contributed by atoms with E-state index in [1.165, 1.54) is 0 Å². The summed E-state index contributed by atoms with van der Waals surface area (Å²) in [5, 5.41) is 22.3. The summed E-state index contributed by atoms with van der Waals surface area (Å²) in [6, 6.07) is 20.2. The van der Waals surface area contributed by atoms with Crippen molar-refractivity contribution in [2.24, 2.45) is 0 Å². The fourth-order valence-corrected chi connectivity index (χ4v) is 3.94. The molecule has 2 N–H and O–H groups in total. The van der Waals surface area contributed by atoms with Gasteiger partial charge in [-0.2, -0.15) is 0 Å². The van der Waals surface area contributed by atoms with Crippen LogP contribution >= 0.6 is 0 Å². The van der Waals surface area contributed by atoms with E-state index in [0.29, 0.717) is 35.7 Å². The van der Waals surface area contributed by atoms with Gasteiger partial charge in [0.05, 0.1) is 20.8 Å². The third-order valence-electron chi connectivity index (χ3n) is 5.82. The lowest BCUT2D eigenvalue weighted by atomic mass is 9.86. The molecule has 0 saturated carbocycles. The number of phenolic OH excluding ortho intramolecular Hbond substituents is 1. The monoisotopic (exact) mass is 462 g/mol. The van der Waals surface area contributed by atoms with Gasteiger partial charge in [0, 0.05) is 5.56 Å². The first-order valence-electron chi connectivity index (χ1n) is 11.7. The van der Waals surface area contributed by atoms with Crippen LogP contribution in [0.2, 0.25) is 0 Å². The number of allylic oxidation sites excluding steroid dienone is 1. The van der Waals surface area contributed by atoms with Crippen LogP contribution in [-0.2, 0) is 0 Å². The first kappa shape index (κ1) is 25.2. The molecule has 0 amide bonds. The van der Waals surface area contributed by atoms with Crippen LogP contribution in [0.1, 0.15) is 55.9 Å². The Morgan fingerprint density at radius 2 is 1.53 bits per heavy atom. The van der Waals surface area contributed by atoms with E-state index >= 15 is 0 Å². The lowest BCUT2D eigenvalue weighted by Crippen LogP contribution is -2.05. The molecule has 5 nitrogen and oxygen atoms in total. The van der Waals surface area contributed by atoms with Crippen LogP contribution in [0.5, 0.6) is 23.0 Å². The maximum Gasteiger partial charge on any atom is 0.123 e. The fraction of sp³-hybridized carbons (Fsp3) is 0.310. The van der Waals surface area contributed by atoms with Crippen molar-refractivity contribution in [3.05, 3.63) is 83.4 Å². The van der Waals surface area contributed by atoms with Gasteiger partial charge < -0.3 is 24.4 Å². The molecule has 1 unspecified atom stereocenters. The SMILES string of the molecule is CCCCOc1ccc(C(O)/C(=C(/CC)c2cc(OC)ccc2O)c2cccc(OC)c2)cc1. The standard InChI is InChI=1S/C29H34O5/c1-5-7-17-34-22-13-11-20(12-14-22)29(31)28(21-9-8-10-23(18-21)32-3)25(6-2)26-19-24(33-4)15-16-27(26)30/h8-16,18-19,29-31H,5-7,17H2,1-4H3/b28-25-. The predicted octanol–water partition coefficient (Wildman–Crippen LogP) is 6.64. The molecule has 5 heteroatoms. The van der Waals surface area contributed by atoms with E-state index < -0.39 is 6.10 Å². The van der Waals surface area contributed by atoms with Crippen LogP contribution in [0.15, 0.2) is 66.7 Å². The molecule has 3 aromatic carbocycles. The van der Waals surface area contributed by atoms with E-state index in [1.807, 2.05) is 55.5 Å². The van der Waals surface area contributed by atoms with E-state index in [9.17, 15) is 10.2 Å². The molecule has 0 spiro atoms. The highest BCUT2D eigenvalue weighted by atomic mass is 16.5. The van der Waals surface area contributed by atoms with Crippen molar-refractivity contribution in [1.82, 2.24) is 0 Å². The molecule has 0 bridgehead atoms. The van der Waals surface area contributed by atoms with Gasteiger partial charge >= 0.3 is 0 Å². The number of aliphatic hydroxyl groups excluding tert-OH is 1. The topological polar surface area (TPSA) is 68.2 Å². The average Bonchev–Trinajstić information content (AvgIpc) is 2.88. The lowest BCUT2D eigenvalue weighted by Gasteiger charge is -2.22. The van der Waals surface area contributed by atoms with Crippen molar-refractivity contribution in [3.8, 4) is 23.0 Å². The smallest absolute Gasteiger partial charge is 0.123 e. The number of hydrogen-bond acceptors (Lipinski definition) is 5. The first-order valence-corrected chi connectivity index (χ1v) is 11.7. The largest absolute Gasteiger partial charge is 0.507 e. The van der Waals surface area contributed by atoms with Gasteiger partial charge in [-0.05, 0) is 77.6 Å². The normalized spacial score (nSPS) is 12.6. The minimum Gasteiger partial charge on any atom is -0.507 e. The van der Waals surface area contributed by atoms with Crippen LogP contribution in [0.4, 0.5) is 0 Å². The number of phenols is 1. The van der Waals surface area contributed by atoms with E-state index in [4.69, 9.17) is 14.2 Å². The van der Waals surface area contributed by atoms with Crippen LogP contribution in [0, 0.1) is 0 Å². The highest BCUT2D eigenvalue weighted by Gasteiger charge is 2.23. The highest BCUT2D eigenvalue weighted by Crippen LogP contribution is 2.42. The van der Waals surface area contributed by atoms with E-state index in [2.05, 4.69) is 6.92 Å². The van der Waals surface area contributed by atoms with E-state index in [-0.39, 0.29) is 5.75 Å². The van der Waals surface area contributed by atoms with E-state index in [1.54, 1.807) is 32.4 Å². The van der Waals surface area contributed by atoms with Crippen molar-refractivity contribution < 1.29 is 24.4 Å². The van der Waals surface area contributed by atoms with Crippen LogP contribution in [-0.4, -0.2) is 31.0 Å². The molecule has 180 valence electrons. The number of benzene rings is 3. The maximum atomic E-state index is 11.6. The van der Waals surface area contributed by atoms with Gasteiger partial charge in [0.2, 0.25) is 0 Å². The zero-order chi connectivity index (χ0) is 24.5. The summed E-state index contributed by atoms with van der Waals surface area (Å²) in [6.07, 6.45) is 1.72. The number of unbranched alkanes of at least 4 members (excludes halogenated alkanes) is 1. The van der Waals surface area contributed by atoms with Gasteiger partial charge in [-0.15, -0.1) is 0 Å². The Hall–Kier alpha value is -3.44. The molecule has 3 aromatic rings. The Kier molecular flexibility index (Phi) is 9.00. The number of ether oxygens (including phenoxy) is 3. The zero-order valence-electron chi connectivity index (χ0n) is 20.4. The molecule has 0 aromatic heterocycles. The van der Waals surface area contributed by atoms with Gasteiger partial charge in [0.25, 0.3) is 0 Å². The van der Waals surface area contributed by atoms with Crippen molar-refractivity contribution in [2.45, 2.75) is 39.2 Å². The van der Waals surface area contributed by atoms with Crippen molar-refractivity contribution in [2.75, 3.05) is 20.8 Å². The summed E-state index contributed by atoms with van der Waals surface area (Å²) < 4.78 is 16.6. The summed E-state index contributed by atoms with van der Waals surface area (Å²) in [5.41, 5.74) is 3.69. The summed E-state index contributed by atoms with van der Waals surface area (Å²) >= 11 is 0. The van der Waals surface area contributed by atoms with Crippen LogP contribution in [0.25, 0.3) is 11.1 Å². The molecule has 0 aliphatic heterocycles. The second-order valence-corrected chi connectivity index (χ2v) is 8.03. The molecule has 0 aliphatic rings. The number of rotatable bonds is 11. The molecule has 1 atom stereocenters. The summed E-state index contributed by atoms with van der Waals surface area (Å²) in [5.74, 6) is 2.22. The third-order valence-corrected chi connectivity index (χ3v) is 5.82. The molecule has 0 aliphatic carbocycles. The molecule has 34 heavy (non-hydrogen) atoms. The predicted molar refractivity (Wildman–Crippen MR) is 137 cm³/mol. The van der Waals surface area contributed by atoms with Crippen molar-refractivity contribution in [1.29, 1.82) is 0 Å². The quantitative estimate of drug-likeness (QED) is 0.247. The number of methoxy groups -OCH3 is 2. The fourth-order valence-electron chi connectivity index (χ4n) is 3.94. The van der Waals surface area contributed by atoms with Gasteiger partial charge in [-0.3, -0.25) is 0 Å². The minimum atomic E-state index is -0.933. The highest BCUT2D eigenvalue weighted by molar-refractivity contribution is 5.94. The third kappa shape index (κ3) is 5.91. The van der Waals surface area contributed by atoms with Crippen molar-refractivity contribution in [3.63, 3.8) is 0 Å².